The van der Waals surface area contributed by atoms with Crippen LogP contribution in [0.2, 0.25) is 0 Å². The largest absolute Gasteiger partial charge is 0.378 e. The number of morpholine rings is 1. The molecule has 1 N–H and O–H groups in total. The predicted octanol–water partition coefficient (Wildman–Crippen LogP) is 3.19. The zero-order chi connectivity index (χ0) is 20.9. The van der Waals surface area contributed by atoms with Crippen LogP contribution in [0.1, 0.15) is 0 Å². The third-order valence-electron chi connectivity index (χ3n) is 4.78. The second-order valence-electron chi connectivity index (χ2n) is 6.86. The van der Waals surface area contributed by atoms with Gasteiger partial charge in [0.1, 0.15) is 5.82 Å². The van der Waals surface area contributed by atoms with Gasteiger partial charge in [0.15, 0.2) is 11.0 Å². The first kappa shape index (κ1) is 20.4. The number of carbonyl (C=O) groups is 1. The lowest BCUT2D eigenvalue weighted by atomic mass is 10.2. The maximum atomic E-state index is 13.5. The van der Waals surface area contributed by atoms with Gasteiger partial charge < -0.3 is 19.5 Å². The summed E-state index contributed by atoms with van der Waals surface area (Å²) in [4.78, 5) is 14.6. The molecule has 0 atom stereocenters. The summed E-state index contributed by atoms with van der Waals surface area (Å²) in [5, 5.41) is 11.7. The number of rotatable bonds is 6. The molecule has 0 bridgehead atoms. The minimum Gasteiger partial charge on any atom is -0.378 e. The highest BCUT2D eigenvalue weighted by Crippen LogP contribution is 2.24. The van der Waals surface area contributed by atoms with Gasteiger partial charge in [-0.3, -0.25) is 4.79 Å². The Morgan fingerprint density at radius 3 is 2.67 bits per heavy atom. The van der Waals surface area contributed by atoms with Crippen molar-refractivity contribution in [2.75, 3.05) is 42.3 Å². The number of thioether (sulfide) groups is 1. The number of amides is 1. The molecule has 1 aromatic heterocycles. The van der Waals surface area contributed by atoms with Gasteiger partial charge in [-0.2, -0.15) is 0 Å². The highest BCUT2D eigenvalue weighted by molar-refractivity contribution is 7.99. The van der Waals surface area contributed by atoms with Crippen molar-refractivity contribution in [2.45, 2.75) is 5.16 Å². The first-order chi connectivity index (χ1) is 14.6. The van der Waals surface area contributed by atoms with Gasteiger partial charge in [-0.15, -0.1) is 10.2 Å². The molecule has 1 fully saturated rings. The normalized spacial score (nSPS) is 14.0. The first-order valence-corrected chi connectivity index (χ1v) is 10.6. The standard InChI is InChI=1S/C21H22FN5O2S/c1-26-20(15-3-2-4-16(22)13-15)24-25-21(26)30-14-19(28)23-17-5-7-18(8-6-17)27-9-11-29-12-10-27/h2-8,13H,9-12,14H2,1H3,(H,23,28). The maximum Gasteiger partial charge on any atom is 0.234 e. The van der Waals surface area contributed by atoms with Gasteiger partial charge in [-0.25, -0.2) is 4.39 Å². The molecule has 1 amide bonds. The quantitative estimate of drug-likeness (QED) is 0.609. The molecule has 1 saturated heterocycles. The number of ether oxygens (including phenoxy) is 1. The summed E-state index contributed by atoms with van der Waals surface area (Å²) in [6.45, 7) is 3.21. The van der Waals surface area contributed by atoms with Gasteiger partial charge in [0, 0.05) is 37.1 Å². The van der Waals surface area contributed by atoms with E-state index in [9.17, 15) is 9.18 Å². The number of halogens is 1. The van der Waals surface area contributed by atoms with Crippen molar-refractivity contribution < 1.29 is 13.9 Å². The first-order valence-electron chi connectivity index (χ1n) is 9.61. The fourth-order valence-corrected chi connectivity index (χ4v) is 3.93. The van der Waals surface area contributed by atoms with Gasteiger partial charge >= 0.3 is 0 Å². The van der Waals surface area contributed by atoms with Gasteiger partial charge in [-0.1, -0.05) is 23.9 Å². The van der Waals surface area contributed by atoms with Gasteiger partial charge in [-0.05, 0) is 36.4 Å². The van der Waals surface area contributed by atoms with Crippen LogP contribution in [0, 0.1) is 5.82 Å². The molecule has 3 aromatic rings. The number of carbonyl (C=O) groups excluding carboxylic acids is 1. The average Bonchev–Trinajstić information content (AvgIpc) is 3.14. The Kier molecular flexibility index (Phi) is 6.29. The summed E-state index contributed by atoms with van der Waals surface area (Å²) in [6, 6.07) is 14.0. The van der Waals surface area contributed by atoms with E-state index >= 15 is 0 Å². The fraction of sp³-hybridized carbons (Fsp3) is 0.286. The fourth-order valence-electron chi connectivity index (χ4n) is 3.22. The van der Waals surface area contributed by atoms with Crippen molar-refractivity contribution in [1.29, 1.82) is 0 Å². The molecule has 156 valence electrons. The third kappa shape index (κ3) is 4.80. The zero-order valence-corrected chi connectivity index (χ0v) is 17.4. The van der Waals surface area contributed by atoms with Crippen LogP contribution in [-0.2, 0) is 16.6 Å². The lowest BCUT2D eigenvalue weighted by molar-refractivity contribution is -0.113. The Morgan fingerprint density at radius 2 is 1.93 bits per heavy atom. The predicted molar refractivity (Wildman–Crippen MR) is 115 cm³/mol. The molecule has 0 aliphatic carbocycles. The Labute approximate surface area is 178 Å². The smallest absolute Gasteiger partial charge is 0.234 e. The number of anilines is 2. The lowest BCUT2D eigenvalue weighted by Gasteiger charge is -2.28. The minimum absolute atomic E-state index is 0.130. The van der Waals surface area contributed by atoms with Gasteiger partial charge in [0.2, 0.25) is 5.91 Å². The zero-order valence-electron chi connectivity index (χ0n) is 16.5. The number of nitrogens with zero attached hydrogens (tertiary/aromatic N) is 4. The van der Waals surface area contributed by atoms with Crippen LogP contribution in [-0.4, -0.2) is 52.7 Å². The Hall–Kier alpha value is -2.91. The molecule has 0 radical (unpaired) electrons. The monoisotopic (exact) mass is 427 g/mol. The van der Waals surface area contributed by atoms with Gasteiger partial charge in [0.05, 0.1) is 19.0 Å². The summed E-state index contributed by atoms with van der Waals surface area (Å²) in [5.74, 6) is 0.287. The van der Waals surface area contributed by atoms with E-state index < -0.39 is 0 Å². The maximum absolute atomic E-state index is 13.5. The summed E-state index contributed by atoms with van der Waals surface area (Å²) >= 11 is 1.28. The van der Waals surface area contributed by atoms with E-state index in [0.29, 0.717) is 16.5 Å². The highest BCUT2D eigenvalue weighted by atomic mass is 32.2. The molecule has 0 unspecified atom stereocenters. The lowest BCUT2D eigenvalue weighted by Crippen LogP contribution is -2.36. The van der Waals surface area contributed by atoms with E-state index in [0.717, 1.165) is 37.7 Å². The van der Waals surface area contributed by atoms with Crippen LogP contribution in [0.3, 0.4) is 0 Å². The van der Waals surface area contributed by atoms with Crippen molar-refractivity contribution in [3.8, 4) is 11.4 Å². The third-order valence-corrected chi connectivity index (χ3v) is 5.80. The second-order valence-corrected chi connectivity index (χ2v) is 7.80. The molecule has 1 aliphatic heterocycles. The Bertz CT molecular complexity index is 1020. The van der Waals surface area contributed by atoms with Crippen LogP contribution in [0.25, 0.3) is 11.4 Å². The topological polar surface area (TPSA) is 72.3 Å². The van der Waals surface area contributed by atoms with Crippen molar-refractivity contribution in [3.63, 3.8) is 0 Å². The van der Waals surface area contributed by atoms with Crippen LogP contribution in [0.5, 0.6) is 0 Å². The van der Waals surface area contributed by atoms with Crippen LogP contribution in [0.4, 0.5) is 15.8 Å². The molecular formula is C21H22FN5O2S. The summed E-state index contributed by atoms with van der Waals surface area (Å²) in [7, 11) is 1.80. The highest BCUT2D eigenvalue weighted by Gasteiger charge is 2.14. The van der Waals surface area contributed by atoms with Gasteiger partial charge in [0.25, 0.3) is 0 Å². The molecule has 0 saturated carbocycles. The SMILES string of the molecule is Cn1c(SCC(=O)Nc2ccc(N3CCOCC3)cc2)nnc1-c1cccc(F)c1. The van der Waals surface area contributed by atoms with E-state index in [-0.39, 0.29) is 17.5 Å². The van der Waals surface area contributed by atoms with Crippen LogP contribution in [0.15, 0.2) is 53.7 Å². The second kappa shape index (κ2) is 9.27. The van der Waals surface area contributed by atoms with Crippen molar-refractivity contribution >= 4 is 29.0 Å². The molecule has 30 heavy (non-hydrogen) atoms. The molecule has 4 rings (SSSR count). The van der Waals surface area contributed by atoms with Crippen molar-refractivity contribution in [1.82, 2.24) is 14.8 Å². The van der Waals surface area contributed by atoms with E-state index in [1.54, 1.807) is 23.7 Å². The van der Waals surface area contributed by atoms with E-state index in [1.165, 1.54) is 23.9 Å². The molecule has 0 spiro atoms. The van der Waals surface area contributed by atoms with Crippen molar-refractivity contribution in [2.24, 2.45) is 7.05 Å². The number of aromatic nitrogens is 3. The average molecular weight is 428 g/mol. The van der Waals surface area contributed by atoms with E-state index in [2.05, 4.69) is 20.4 Å². The number of benzene rings is 2. The van der Waals surface area contributed by atoms with Crippen molar-refractivity contribution in [3.05, 3.63) is 54.3 Å². The molecule has 2 aromatic carbocycles. The number of hydrogen-bond donors (Lipinski definition) is 1. The van der Waals surface area contributed by atoms with Crippen LogP contribution < -0.4 is 10.2 Å². The molecule has 7 nitrogen and oxygen atoms in total. The Balaban J connectivity index is 1.33. The van der Waals surface area contributed by atoms with E-state index in [4.69, 9.17) is 4.74 Å². The summed E-state index contributed by atoms with van der Waals surface area (Å²) in [5.41, 5.74) is 2.51. The molecular weight excluding hydrogens is 405 g/mol. The minimum atomic E-state index is -0.330. The number of nitrogens with one attached hydrogen (secondary N) is 1. The Morgan fingerprint density at radius 1 is 1.17 bits per heavy atom. The summed E-state index contributed by atoms with van der Waals surface area (Å²) in [6.07, 6.45) is 0. The molecule has 9 heteroatoms. The van der Waals surface area contributed by atoms with E-state index in [1.807, 2.05) is 24.3 Å². The molecule has 2 heterocycles. The number of hydrogen-bond acceptors (Lipinski definition) is 6. The van der Waals surface area contributed by atoms with Crippen LogP contribution >= 0.6 is 11.8 Å². The summed E-state index contributed by atoms with van der Waals surface area (Å²) < 4.78 is 20.6. The molecule has 1 aliphatic rings.